The molecule has 3 atom stereocenters. The van der Waals surface area contributed by atoms with E-state index in [0.29, 0.717) is 18.0 Å². The third-order valence-electron chi connectivity index (χ3n) is 3.04. The maximum Gasteiger partial charge on any atom is 0.225 e. The first-order valence-corrected chi connectivity index (χ1v) is 7.24. The molecule has 100 valence electrons. The second kappa shape index (κ2) is 6.19. The Morgan fingerprint density at radius 1 is 1.53 bits per heavy atom. The van der Waals surface area contributed by atoms with E-state index in [0.717, 1.165) is 12.8 Å². The summed E-state index contributed by atoms with van der Waals surface area (Å²) in [5.41, 5.74) is 0.280. The molecule has 1 aliphatic heterocycles. The molecular formula is C13H24BrNO2. The molecule has 0 spiro atoms. The summed E-state index contributed by atoms with van der Waals surface area (Å²) in [5.74, 6) is 0.165. The van der Waals surface area contributed by atoms with Crippen molar-refractivity contribution in [2.45, 2.75) is 51.5 Å². The number of halogens is 1. The number of carbonyl (C=O) groups is 1. The van der Waals surface area contributed by atoms with Gasteiger partial charge in [-0.25, -0.2) is 0 Å². The van der Waals surface area contributed by atoms with Gasteiger partial charge in [-0.05, 0) is 25.2 Å². The standard InChI is InChI=1S/C13H24BrNO2/c1-9-11(5-6-17-9)12(16)15-8-10(14)7-13(2,3)4/h9-11H,5-8H2,1-4H3,(H,15,16). The monoisotopic (exact) mass is 305 g/mol. The van der Waals surface area contributed by atoms with Gasteiger partial charge in [-0.3, -0.25) is 4.79 Å². The first kappa shape index (κ1) is 15.0. The topological polar surface area (TPSA) is 38.3 Å². The zero-order chi connectivity index (χ0) is 13.1. The fraction of sp³-hybridized carbons (Fsp3) is 0.923. The number of alkyl halides is 1. The lowest BCUT2D eigenvalue weighted by molar-refractivity contribution is -0.126. The summed E-state index contributed by atoms with van der Waals surface area (Å²) < 4.78 is 5.40. The molecule has 17 heavy (non-hydrogen) atoms. The summed E-state index contributed by atoms with van der Waals surface area (Å²) in [6.07, 6.45) is 1.95. The summed E-state index contributed by atoms with van der Waals surface area (Å²) in [6, 6.07) is 0. The van der Waals surface area contributed by atoms with Gasteiger partial charge < -0.3 is 10.1 Å². The maximum absolute atomic E-state index is 11.9. The molecule has 0 radical (unpaired) electrons. The van der Waals surface area contributed by atoms with Crippen LogP contribution in [0.5, 0.6) is 0 Å². The molecule has 4 heteroatoms. The van der Waals surface area contributed by atoms with Gasteiger partial charge in [0.15, 0.2) is 0 Å². The molecule has 0 aliphatic carbocycles. The van der Waals surface area contributed by atoms with E-state index in [4.69, 9.17) is 4.74 Å². The highest BCUT2D eigenvalue weighted by molar-refractivity contribution is 9.09. The quantitative estimate of drug-likeness (QED) is 0.811. The Hall–Kier alpha value is -0.0900. The third-order valence-corrected chi connectivity index (χ3v) is 3.69. The molecule has 0 aromatic rings. The zero-order valence-corrected chi connectivity index (χ0v) is 12.8. The molecule has 1 N–H and O–H groups in total. The highest BCUT2D eigenvalue weighted by atomic mass is 79.9. The van der Waals surface area contributed by atoms with Crippen LogP contribution in [-0.4, -0.2) is 30.0 Å². The van der Waals surface area contributed by atoms with Crippen molar-refractivity contribution in [3.63, 3.8) is 0 Å². The SMILES string of the molecule is CC1OCCC1C(=O)NCC(Br)CC(C)(C)C. The van der Waals surface area contributed by atoms with Gasteiger partial charge in [0.05, 0.1) is 12.0 Å². The van der Waals surface area contributed by atoms with Crippen molar-refractivity contribution in [2.24, 2.45) is 11.3 Å². The molecule has 3 unspecified atom stereocenters. The van der Waals surface area contributed by atoms with Gasteiger partial charge in [0.2, 0.25) is 5.91 Å². The highest BCUT2D eigenvalue weighted by Gasteiger charge is 2.30. The molecule has 1 amide bonds. The van der Waals surface area contributed by atoms with Crippen molar-refractivity contribution in [1.82, 2.24) is 5.32 Å². The fourth-order valence-electron chi connectivity index (χ4n) is 2.16. The Balaban J connectivity index is 2.28. The van der Waals surface area contributed by atoms with E-state index in [1.165, 1.54) is 0 Å². The lowest BCUT2D eigenvalue weighted by atomic mass is 9.90. The summed E-state index contributed by atoms with van der Waals surface area (Å²) in [7, 11) is 0. The zero-order valence-electron chi connectivity index (χ0n) is 11.3. The average Bonchev–Trinajstić information content (AvgIpc) is 2.58. The van der Waals surface area contributed by atoms with Crippen LogP contribution in [0, 0.1) is 11.3 Å². The molecule has 3 nitrogen and oxygen atoms in total. The number of hydrogen-bond donors (Lipinski definition) is 1. The average molecular weight is 306 g/mol. The minimum Gasteiger partial charge on any atom is -0.378 e. The minimum absolute atomic E-state index is 0.0318. The molecule has 1 heterocycles. The largest absolute Gasteiger partial charge is 0.378 e. The van der Waals surface area contributed by atoms with Crippen LogP contribution in [0.1, 0.15) is 40.5 Å². The van der Waals surface area contributed by atoms with Crippen molar-refractivity contribution in [2.75, 3.05) is 13.2 Å². The van der Waals surface area contributed by atoms with Crippen molar-refractivity contribution in [1.29, 1.82) is 0 Å². The maximum atomic E-state index is 11.9. The number of rotatable bonds is 4. The van der Waals surface area contributed by atoms with E-state index >= 15 is 0 Å². The van der Waals surface area contributed by atoms with Gasteiger partial charge in [0.1, 0.15) is 0 Å². The Morgan fingerprint density at radius 3 is 2.65 bits per heavy atom. The van der Waals surface area contributed by atoms with Gasteiger partial charge in [-0.2, -0.15) is 0 Å². The van der Waals surface area contributed by atoms with Crippen LogP contribution in [0.25, 0.3) is 0 Å². The van der Waals surface area contributed by atoms with E-state index in [1.54, 1.807) is 0 Å². The van der Waals surface area contributed by atoms with E-state index < -0.39 is 0 Å². The second-order valence-electron chi connectivity index (χ2n) is 6.08. The lowest BCUT2D eigenvalue weighted by Gasteiger charge is -2.23. The van der Waals surface area contributed by atoms with Crippen molar-refractivity contribution in [3.05, 3.63) is 0 Å². The van der Waals surface area contributed by atoms with E-state index in [9.17, 15) is 4.79 Å². The molecule has 1 aliphatic rings. The Morgan fingerprint density at radius 2 is 2.18 bits per heavy atom. The molecule has 0 aromatic heterocycles. The van der Waals surface area contributed by atoms with Crippen LogP contribution >= 0.6 is 15.9 Å². The van der Waals surface area contributed by atoms with Gasteiger partial charge >= 0.3 is 0 Å². The van der Waals surface area contributed by atoms with Gasteiger partial charge in [0, 0.05) is 18.0 Å². The third kappa shape index (κ3) is 5.38. The summed E-state index contributed by atoms with van der Waals surface area (Å²) >= 11 is 3.62. The molecule has 1 rings (SSSR count). The molecule has 0 bridgehead atoms. The van der Waals surface area contributed by atoms with Crippen LogP contribution in [0.3, 0.4) is 0 Å². The van der Waals surface area contributed by atoms with E-state index in [1.807, 2.05) is 6.92 Å². The van der Waals surface area contributed by atoms with Crippen LogP contribution in [0.2, 0.25) is 0 Å². The fourth-order valence-corrected chi connectivity index (χ4v) is 3.29. The number of nitrogens with one attached hydrogen (secondary N) is 1. The highest BCUT2D eigenvalue weighted by Crippen LogP contribution is 2.24. The molecule has 1 fully saturated rings. The van der Waals surface area contributed by atoms with Gasteiger partial charge in [0.25, 0.3) is 0 Å². The van der Waals surface area contributed by atoms with Crippen molar-refractivity contribution >= 4 is 21.8 Å². The summed E-state index contributed by atoms with van der Waals surface area (Å²) in [6.45, 7) is 9.98. The first-order chi connectivity index (χ1) is 7.79. The summed E-state index contributed by atoms with van der Waals surface area (Å²) in [5, 5.41) is 3.01. The Kier molecular flexibility index (Phi) is 5.45. The molecule has 0 aromatic carbocycles. The molecule has 0 saturated carbocycles. The molecular weight excluding hydrogens is 282 g/mol. The minimum atomic E-state index is 0.0318. The predicted octanol–water partition coefficient (Wildman–Crippen LogP) is 2.73. The van der Waals surface area contributed by atoms with Gasteiger partial charge in [-0.15, -0.1) is 0 Å². The van der Waals surface area contributed by atoms with Crippen LogP contribution < -0.4 is 5.32 Å². The number of carbonyl (C=O) groups excluding carboxylic acids is 1. The van der Waals surface area contributed by atoms with Crippen LogP contribution in [0.4, 0.5) is 0 Å². The predicted molar refractivity (Wildman–Crippen MR) is 73.3 cm³/mol. The van der Waals surface area contributed by atoms with Crippen molar-refractivity contribution < 1.29 is 9.53 Å². The smallest absolute Gasteiger partial charge is 0.225 e. The number of hydrogen-bond acceptors (Lipinski definition) is 2. The van der Waals surface area contributed by atoms with E-state index in [-0.39, 0.29) is 23.3 Å². The normalized spacial score (nSPS) is 26.9. The lowest BCUT2D eigenvalue weighted by Crippen LogP contribution is -2.38. The Labute approximate surface area is 113 Å². The second-order valence-corrected chi connectivity index (χ2v) is 7.37. The number of ether oxygens (including phenoxy) is 1. The first-order valence-electron chi connectivity index (χ1n) is 6.33. The van der Waals surface area contributed by atoms with Crippen LogP contribution in [-0.2, 0) is 9.53 Å². The van der Waals surface area contributed by atoms with Crippen LogP contribution in [0.15, 0.2) is 0 Å². The molecule has 1 saturated heterocycles. The number of amides is 1. The van der Waals surface area contributed by atoms with E-state index in [2.05, 4.69) is 42.0 Å². The van der Waals surface area contributed by atoms with Crippen molar-refractivity contribution in [3.8, 4) is 0 Å². The Bertz CT molecular complexity index is 263. The van der Waals surface area contributed by atoms with Gasteiger partial charge in [-0.1, -0.05) is 36.7 Å². The summed E-state index contributed by atoms with van der Waals surface area (Å²) in [4.78, 5) is 12.3.